The molecule has 134 valence electrons. The Bertz CT molecular complexity index is 930. The SMILES string of the molecule is CCc1oc(C(=O)Nc2ccc(C)c(S(=O)(=O)NC)c2)cc1C(=O)O. The fraction of sp³-hybridized carbons (Fsp3) is 0.250. The Kier molecular flexibility index (Phi) is 5.29. The minimum absolute atomic E-state index is 0.0349. The summed E-state index contributed by atoms with van der Waals surface area (Å²) in [7, 11) is -2.38. The van der Waals surface area contributed by atoms with E-state index < -0.39 is 21.9 Å². The number of carboxylic acid groups (broad SMARTS) is 1. The largest absolute Gasteiger partial charge is 0.478 e. The zero-order valence-electron chi connectivity index (χ0n) is 13.9. The zero-order chi connectivity index (χ0) is 18.8. The molecule has 8 nitrogen and oxygen atoms in total. The summed E-state index contributed by atoms with van der Waals surface area (Å²) in [5, 5.41) is 11.6. The molecule has 9 heteroatoms. The number of aryl methyl sites for hydroxylation is 2. The number of benzene rings is 1. The number of nitrogens with one attached hydrogen (secondary N) is 2. The maximum atomic E-state index is 12.3. The molecule has 0 aliphatic rings. The van der Waals surface area contributed by atoms with Crippen molar-refractivity contribution in [2.24, 2.45) is 0 Å². The van der Waals surface area contributed by atoms with Crippen molar-refractivity contribution in [1.29, 1.82) is 0 Å². The molecule has 0 atom stereocenters. The third-order valence-electron chi connectivity index (χ3n) is 3.59. The number of carbonyl (C=O) groups is 2. The molecule has 0 spiro atoms. The van der Waals surface area contributed by atoms with E-state index in [2.05, 4.69) is 10.0 Å². The van der Waals surface area contributed by atoms with E-state index in [1.165, 1.54) is 13.1 Å². The van der Waals surface area contributed by atoms with Gasteiger partial charge in [0.25, 0.3) is 5.91 Å². The molecular formula is C16H18N2O6S. The van der Waals surface area contributed by atoms with Gasteiger partial charge in [-0.15, -0.1) is 0 Å². The smallest absolute Gasteiger partial charge is 0.339 e. The summed E-state index contributed by atoms with van der Waals surface area (Å²) < 4.78 is 31.5. The molecule has 2 rings (SSSR count). The Morgan fingerprint density at radius 3 is 2.44 bits per heavy atom. The fourth-order valence-electron chi connectivity index (χ4n) is 2.25. The van der Waals surface area contributed by atoms with Gasteiger partial charge in [-0.2, -0.15) is 0 Å². The first-order valence-electron chi connectivity index (χ1n) is 7.41. The van der Waals surface area contributed by atoms with Crippen LogP contribution >= 0.6 is 0 Å². The summed E-state index contributed by atoms with van der Waals surface area (Å²) in [5.74, 6) is -1.82. The number of aromatic carboxylic acids is 1. The molecule has 0 unspecified atom stereocenters. The van der Waals surface area contributed by atoms with E-state index in [1.54, 1.807) is 26.0 Å². The highest BCUT2D eigenvalue weighted by Gasteiger charge is 2.21. The second-order valence-corrected chi connectivity index (χ2v) is 7.10. The van der Waals surface area contributed by atoms with Gasteiger partial charge >= 0.3 is 5.97 Å². The summed E-state index contributed by atoms with van der Waals surface area (Å²) in [6.45, 7) is 3.34. The highest BCUT2D eigenvalue weighted by molar-refractivity contribution is 7.89. The Balaban J connectivity index is 2.33. The van der Waals surface area contributed by atoms with Gasteiger partial charge in [0.2, 0.25) is 10.0 Å². The van der Waals surface area contributed by atoms with Gasteiger partial charge in [0.1, 0.15) is 11.3 Å². The van der Waals surface area contributed by atoms with Crippen molar-refractivity contribution in [2.45, 2.75) is 25.2 Å². The molecule has 0 saturated carbocycles. The van der Waals surface area contributed by atoms with Crippen LogP contribution in [0.15, 0.2) is 33.6 Å². The summed E-state index contributed by atoms with van der Waals surface area (Å²) >= 11 is 0. The number of carbonyl (C=O) groups excluding carboxylic acids is 1. The average molecular weight is 366 g/mol. The number of rotatable bonds is 6. The summed E-state index contributed by atoms with van der Waals surface area (Å²) in [6, 6.07) is 5.57. The second-order valence-electron chi connectivity index (χ2n) is 5.25. The van der Waals surface area contributed by atoms with Crippen molar-refractivity contribution in [3.05, 3.63) is 46.9 Å². The first-order valence-corrected chi connectivity index (χ1v) is 8.89. The molecule has 3 N–H and O–H groups in total. The molecule has 1 amide bonds. The third kappa shape index (κ3) is 3.89. The molecule has 1 aromatic carbocycles. The van der Waals surface area contributed by atoms with E-state index in [0.717, 1.165) is 6.07 Å². The van der Waals surface area contributed by atoms with Crippen LogP contribution < -0.4 is 10.0 Å². The normalized spacial score (nSPS) is 11.3. The maximum Gasteiger partial charge on any atom is 0.339 e. The van der Waals surface area contributed by atoms with Crippen molar-refractivity contribution in [1.82, 2.24) is 4.72 Å². The molecule has 0 aliphatic carbocycles. The van der Waals surface area contributed by atoms with Gasteiger partial charge < -0.3 is 14.8 Å². The van der Waals surface area contributed by atoms with Gasteiger partial charge in [-0.25, -0.2) is 17.9 Å². The first-order chi connectivity index (χ1) is 11.7. The average Bonchev–Trinajstić information content (AvgIpc) is 3.01. The van der Waals surface area contributed by atoms with E-state index in [-0.39, 0.29) is 27.7 Å². The molecule has 1 heterocycles. The predicted octanol–water partition coefficient (Wildman–Crippen LogP) is 2.01. The zero-order valence-corrected chi connectivity index (χ0v) is 14.7. The van der Waals surface area contributed by atoms with Crippen LogP contribution in [0.1, 0.15) is 39.2 Å². The highest BCUT2D eigenvalue weighted by Crippen LogP contribution is 2.22. The van der Waals surface area contributed by atoms with Gasteiger partial charge in [0.15, 0.2) is 5.76 Å². The fourth-order valence-corrected chi connectivity index (χ4v) is 3.25. The molecular weight excluding hydrogens is 348 g/mol. The third-order valence-corrected chi connectivity index (χ3v) is 5.14. The van der Waals surface area contributed by atoms with Gasteiger partial charge in [0, 0.05) is 18.2 Å². The van der Waals surface area contributed by atoms with E-state index in [0.29, 0.717) is 12.0 Å². The number of hydrogen-bond acceptors (Lipinski definition) is 5. The van der Waals surface area contributed by atoms with E-state index in [9.17, 15) is 18.0 Å². The molecule has 0 radical (unpaired) electrons. The summed E-state index contributed by atoms with van der Waals surface area (Å²) in [5.41, 5.74) is 0.692. The van der Waals surface area contributed by atoms with Crippen molar-refractivity contribution in [2.75, 3.05) is 12.4 Å². The van der Waals surface area contributed by atoms with Crippen LogP contribution in [-0.4, -0.2) is 32.4 Å². The number of sulfonamides is 1. The van der Waals surface area contributed by atoms with Gasteiger partial charge in [-0.3, -0.25) is 4.79 Å². The highest BCUT2D eigenvalue weighted by atomic mass is 32.2. The number of furan rings is 1. The summed E-state index contributed by atoms with van der Waals surface area (Å²) in [6.07, 6.45) is 0.323. The van der Waals surface area contributed by atoms with Crippen LogP contribution in [0.5, 0.6) is 0 Å². The number of anilines is 1. The lowest BCUT2D eigenvalue weighted by atomic mass is 10.2. The molecule has 0 aliphatic heterocycles. The molecule has 25 heavy (non-hydrogen) atoms. The second kappa shape index (κ2) is 7.08. The lowest BCUT2D eigenvalue weighted by Crippen LogP contribution is -2.20. The predicted molar refractivity (Wildman–Crippen MR) is 90.4 cm³/mol. The van der Waals surface area contributed by atoms with Gasteiger partial charge in [-0.05, 0) is 31.7 Å². The molecule has 1 aromatic heterocycles. The van der Waals surface area contributed by atoms with Gasteiger partial charge in [-0.1, -0.05) is 13.0 Å². The Morgan fingerprint density at radius 1 is 1.24 bits per heavy atom. The van der Waals surface area contributed by atoms with E-state index >= 15 is 0 Å². The quantitative estimate of drug-likeness (QED) is 0.718. The minimum atomic E-state index is -3.67. The van der Waals surface area contributed by atoms with Crippen LogP contribution in [0.25, 0.3) is 0 Å². The summed E-state index contributed by atoms with van der Waals surface area (Å²) in [4.78, 5) is 23.4. The molecule has 2 aromatic rings. The number of amides is 1. The van der Waals surface area contributed by atoms with Crippen LogP contribution in [0, 0.1) is 6.92 Å². The van der Waals surface area contributed by atoms with Crippen LogP contribution in [-0.2, 0) is 16.4 Å². The van der Waals surface area contributed by atoms with Gasteiger partial charge in [0.05, 0.1) is 4.90 Å². The number of hydrogen-bond donors (Lipinski definition) is 3. The Morgan fingerprint density at radius 2 is 1.92 bits per heavy atom. The van der Waals surface area contributed by atoms with Crippen molar-refractivity contribution >= 4 is 27.6 Å². The van der Waals surface area contributed by atoms with Crippen LogP contribution in [0.2, 0.25) is 0 Å². The minimum Gasteiger partial charge on any atom is -0.478 e. The lowest BCUT2D eigenvalue weighted by Gasteiger charge is -2.09. The van der Waals surface area contributed by atoms with Crippen molar-refractivity contribution in [3.8, 4) is 0 Å². The van der Waals surface area contributed by atoms with Crippen LogP contribution in [0.4, 0.5) is 5.69 Å². The van der Waals surface area contributed by atoms with E-state index in [4.69, 9.17) is 9.52 Å². The lowest BCUT2D eigenvalue weighted by molar-refractivity contribution is 0.0694. The van der Waals surface area contributed by atoms with E-state index in [1.807, 2.05) is 0 Å². The maximum absolute atomic E-state index is 12.3. The monoisotopic (exact) mass is 366 g/mol. The molecule has 0 bridgehead atoms. The Labute approximate surface area is 144 Å². The molecule has 0 saturated heterocycles. The standard InChI is InChI=1S/C16H18N2O6S/c1-4-12-11(16(20)21)8-13(24-12)15(19)18-10-6-5-9(2)14(7-10)25(22,23)17-3/h5-8,17H,4H2,1-3H3,(H,18,19)(H,20,21). The van der Waals surface area contributed by atoms with Crippen molar-refractivity contribution < 1.29 is 27.5 Å². The number of carboxylic acids is 1. The van der Waals surface area contributed by atoms with Crippen LogP contribution in [0.3, 0.4) is 0 Å². The first kappa shape index (κ1) is 18.7. The topological polar surface area (TPSA) is 126 Å². The molecule has 0 fully saturated rings. The van der Waals surface area contributed by atoms with Crippen molar-refractivity contribution in [3.63, 3.8) is 0 Å². The Hall–Kier alpha value is -2.65.